The SMILES string of the molecule is CC=CCC1=NC(C)=NC(C)C1. The highest BCUT2D eigenvalue weighted by molar-refractivity contribution is 5.99. The molecule has 1 aliphatic rings. The van der Waals surface area contributed by atoms with Crippen molar-refractivity contribution >= 4 is 11.5 Å². The van der Waals surface area contributed by atoms with E-state index in [0.29, 0.717) is 6.04 Å². The molecule has 2 heteroatoms. The maximum atomic E-state index is 4.39. The van der Waals surface area contributed by atoms with Gasteiger partial charge in [-0.3, -0.25) is 4.99 Å². The van der Waals surface area contributed by atoms with Gasteiger partial charge in [0, 0.05) is 18.6 Å². The summed E-state index contributed by atoms with van der Waals surface area (Å²) in [4.78, 5) is 8.73. The largest absolute Gasteiger partial charge is 0.267 e. The van der Waals surface area contributed by atoms with Crippen LogP contribution in [0.15, 0.2) is 22.1 Å². The van der Waals surface area contributed by atoms with Crippen molar-refractivity contribution in [3.05, 3.63) is 12.2 Å². The van der Waals surface area contributed by atoms with Crippen molar-refractivity contribution in [2.45, 2.75) is 39.7 Å². The second kappa shape index (κ2) is 4.19. The van der Waals surface area contributed by atoms with Crippen molar-refractivity contribution < 1.29 is 0 Å². The molecule has 0 fully saturated rings. The summed E-state index contributed by atoms with van der Waals surface area (Å²) in [5.74, 6) is 0.924. The third-order valence-electron chi connectivity index (χ3n) is 1.85. The molecule has 0 aromatic carbocycles. The summed E-state index contributed by atoms with van der Waals surface area (Å²) in [7, 11) is 0. The number of aliphatic imine (C=N–C) groups is 2. The molecule has 0 N–H and O–H groups in total. The molecule has 0 amide bonds. The van der Waals surface area contributed by atoms with Crippen molar-refractivity contribution in [3.63, 3.8) is 0 Å². The van der Waals surface area contributed by atoms with Crippen LogP contribution in [0.4, 0.5) is 0 Å². The minimum Gasteiger partial charge on any atom is -0.267 e. The van der Waals surface area contributed by atoms with Crippen LogP contribution in [-0.4, -0.2) is 17.6 Å². The highest BCUT2D eigenvalue weighted by Crippen LogP contribution is 2.09. The first-order valence-electron chi connectivity index (χ1n) is 4.44. The van der Waals surface area contributed by atoms with Gasteiger partial charge in [0.1, 0.15) is 5.84 Å². The topological polar surface area (TPSA) is 24.7 Å². The van der Waals surface area contributed by atoms with E-state index in [4.69, 9.17) is 0 Å². The van der Waals surface area contributed by atoms with Crippen LogP contribution in [0.3, 0.4) is 0 Å². The van der Waals surface area contributed by atoms with E-state index >= 15 is 0 Å². The van der Waals surface area contributed by atoms with Crippen LogP contribution in [0.25, 0.3) is 0 Å². The highest BCUT2D eigenvalue weighted by Gasteiger charge is 2.10. The fourth-order valence-electron chi connectivity index (χ4n) is 1.39. The molecular formula is C10H16N2. The quantitative estimate of drug-likeness (QED) is 0.560. The summed E-state index contributed by atoms with van der Waals surface area (Å²) >= 11 is 0. The lowest BCUT2D eigenvalue weighted by molar-refractivity contribution is 0.761. The van der Waals surface area contributed by atoms with Gasteiger partial charge in [0.15, 0.2) is 0 Å². The molecule has 1 aliphatic heterocycles. The molecule has 0 saturated heterocycles. The lowest BCUT2D eigenvalue weighted by atomic mass is 10.1. The molecule has 1 rings (SSSR count). The van der Waals surface area contributed by atoms with Crippen LogP contribution < -0.4 is 0 Å². The molecule has 12 heavy (non-hydrogen) atoms. The van der Waals surface area contributed by atoms with Crippen molar-refractivity contribution in [1.29, 1.82) is 0 Å². The highest BCUT2D eigenvalue weighted by atomic mass is 15.0. The average Bonchev–Trinajstić information content (AvgIpc) is 1.99. The van der Waals surface area contributed by atoms with Crippen LogP contribution in [0.1, 0.15) is 33.6 Å². The molecule has 0 spiro atoms. The maximum Gasteiger partial charge on any atom is 0.120 e. The number of amidine groups is 1. The first-order valence-corrected chi connectivity index (χ1v) is 4.44. The van der Waals surface area contributed by atoms with E-state index in [1.165, 1.54) is 5.71 Å². The zero-order chi connectivity index (χ0) is 8.97. The molecule has 0 aromatic rings. The fourth-order valence-corrected chi connectivity index (χ4v) is 1.39. The fraction of sp³-hybridized carbons (Fsp3) is 0.600. The van der Waals surface area contributed by atoms with E-state index in [-0.39, 0.29) is 0 Å². The monoisotopic (exact) mass is 164 g/mol. The summed E-state index contributed by atoms with van der Waals surface area (Å²) in [6, 6.07) is 0.419. The second-order valence-corrected chi connectivity index (χ2v) is 3.18. The minimum atomic E-state index is 0.419. The van der Waals surface area contributed by atoms with Crippen LogP contribution in [0.5, 0.6) is 0 Å². The molecule has 1 atom stereocenters. The second-order valence-electron chi connectivity index (χ2n) is 3.18. The molecule has 0 radical (unpaired) electrons. The Bertz CT molecular complexity index is 236. The van der Waals surface area contributed by atoms with Gasteiger partial charge in [0.25, 0.3) is 0 Å². The van der Waals surface area contributed by atoms with Gasteiger partial charge in [-0.2, -0.15) is 0 Å². The molecule has 2 nitrogen and oxygen atoms in total. The normalized spacial score (nSPS) is 24.1. The summed E-state index contributed by atoms with van der Waals surface area (Å²) in [5, 5.41) is 0. The summed E-state index contributed by atoms with van der Waals surface area (Å²) < 4.78 is 0. The van der Waals surface area contributed by atoms with Crippen LogP contribution in [-0.2, 0) is 0 Å². The molecule has 66 valence electrons. The number of hydrogen-bond donors (Lipinski definition) is 0. The average molecular weight is 164 g/mol. The summed E-state index contributed by atoms with van der Waals surface area (Å²) in [5.41, 5.74) is 1.26. The van der Waals surface area contributed by atoms with E-state index in [0.717, 1.165) is 18.7 Å². The van der Waals surface area contributed by atoms with Gasteiger partial charge >= 0.3 is 0 Å². The van der Waals surface area contributed by atoms with Crippen molar-refractivity contribution in [2.75, 3.05) is 0 Å². The Labute approximate surface area is 74.1 Å². The van der Waals surface area contributed by atoms with Crippen molar-refractivity contribution in [1.82, 2.24) is 0 Å². The van der Waals surface area contributed by atoms with Crippen LogP contribution >= 0.6 is 0 Å². The lowest BCUT2D eigenvalue weighted by Crippen LogP contribution is -2.15. The van der Waals surface area contributed by atoms with Gasteiger partial charge < -0.3 is 0 Å². The Morgan fingerprint density at radius 1 is 1.58 bits per heavy atom. The Morgan fingerprint density at radius 3 is 2.92 bits per heavy atom. The molecule has 0 aromatic heterocycles. The third kappa shape index (κ3) is 2.61. The zero-order valence-corrected chi connectivity index (χ0v) is 8.04. The minimum absolute atomic E-state index is 0.419. The van der Waals surface area contributed by atoms with Crippen LogP contribution in [0, 0.1) is 0 Å². The summed E-state index contributed by atoms with van der Waals surface area (Å²) in [6.45, 7) is 6.13. The predicted octanol–water partition coefficient (Wildman–Crippen LogP) is 2.60. The van der Waals surface area contributed by atoms with E-state index in [9.17, 15) is 0 Å². The number of allylic oxidation sites excluding steroid dienone is 2. The van der Waals surface area contributed by atoms with Crippen molar-refractivity contribution in [3.8, 4) is 0 Å². The molecular weight excluding hydrogens is 148 g/mol. The van der Waals surface area contributed by atoms with Gasteiger partial charge in [0.2, 0.25) is 0 Å². The lowest BCUT2D eigenvalue weighted by Gasteiger charge is -2.14. The Balaban J connectivity index is 2.60. The first-order chi connectivity index (χ1) is 5.72. The summed E-state index contributed by atoms with van der Waals surface area (Å²) in [6.07, 6.45) is 6.20. The standard InChI is InChI=1S/C10H16N2/c1-4-5-6-10-7-8(2)11-9(3)12-10/h4-5,8H,6-7H2,1-3H3. The third-order valence-corrected chi connectivity index (χ3v) is 1.85. The van der Waals surface area contributed by atoms with E-state index in [2.05, 4.69) is 29.1 Å². The predicted molar refractivity (Wildman–Crippen MR) is 54.1 cm³/mol. The molecule has 1 heterocycles. The van der Waals surface area contributed by atoms with E-state index in [1.807, 2.05) is 13.8 Å². The smallest absolute Gasteiger partial charge is 0.120 e. The Morgan fingerprint density at radius 2 is 2.33 bits per heavy atom. The Hall–Kier alpha value is -0.920. The van der Waals surface area contributed by atoms with E-state index < -0.39 is 0 Å². The molecule has 0 saturated carbocycles. The van der Waals surface area contributed by atoms with Gasteiger partial charge in [-0.1, -0.05) is 12.2 Å². The Kier molecular flexibility index (Phi) is 3.20. The van der Waals surface area contributed by atoms with Gasteiger partial charge in [-0.15, -0.1) is 0 Å². The zero-order valence-electron chi connectivity index (χ0n) is 8.04. The first kappa shape index (κ1) is 9.17. The van der Waals surface area contributed by atoms with Crippen LogP contribution in [0.2, 0.25) is 0 Å². The van der Waals surface area contributed by atoms with Gasteiger partial charge in [0.05, 0.1) is 6.04 Å². The molecule has 1 unspecified atom stereocenters. The molecule has 0 bridgehead atoms. The molecule has 0 aliphatic carbocycles. The number of hydrogen-bond acceptors (Lipinski definition) is 2. The van der Waals surface area contributed by atoms with Gasteiger partial charge in [-0.25, -0.2) is 4.99 Å². The number of nitrogens with zero attached hydrogens (tertiary/aromatic N) is 2. The van der Waals surface area contributed by atoms with Gasteiger partial charge in [-0.05, 0) is 20.8 Å². The maximum absolute atomic E-state index is 4.39. The number of rotatable bonds is 2. The van der Waals surface area contributed by atoms with Crippen molar-refractivity contribution in [2.24, 2.45) is 9.98 Å². The van der Waals surface area contributed by atoms with E-state index in [1.54, 1.807) is 0 Å².